The van der Waals surface area contributed by atoms with Gasteiger partial charge in [-0.1, -0.05) is 6.92 Å². The first kappa shape index (κ1) is 15.5. The van der Waals surface area contributed by atoms with E-state index in [0.29, 0.717) is 19.1 Å². The van der Waals surface area contributed by atoms with Crippen molar-refractivity contribution >= 4 is 27.7 Å². The van der Waals surface area contributed by atoms with Crippen LogP contribution in [0.2, 0.25) is 0 Å². The largest absolute Gasteiger partial charge is 0.394 e. The molecule has 0 spiro atoms. The summed E-state index contributed by atoms with van der Waals surface area (Å²) >= 11 is 3.51. The Labute approximate surface area is 127 Å². The summed E-state index contributed by atoms with van der Waals surface area (Å²) < 4.78 is 6.41. The number of rotatable bonds is 5. The van der Waals surface area contributed by atoms with Crippen LogP contribution in [0.4, 0.5) is 11.8 Å². The summed E-state index contributed by atoms with van der Waals surface area (Å²) in [5.41, 5.74) is 0. The van der Waals surface area contributed by atoms with Crippen molar-refractivity contribution in [2.75, 3.05) is 36.5 Å². The van der Waals surface area contributed by atoms with E-state index in [0.717, 1.165) is 23.3 Å². The van der Waals surface area contributed by atoms with E-state index in [-0.39, 0.29) is 18.8 Å². The van der Waals surface area contributed by atoms with E-state index in [1.54, 1.807) is 6.20 Å². The zero-order valence-corrected chi connectivity index (χ0v) is 13.4. The quantitative estimate of drug-likeness (QED) is 0.846. The van der Waals surface area contributed by atoms with Gasteiger partial charge in [0, 0.05) is 19.3 Å². The van der Waals surface area contributed by atoms with Gasteiger partial charge in [-0.2, -0.15) is 4.98 Å². The van der Waals surface area contributed by atoms with E-state index in [1.807, 2.05) is 0 Å². The van der Waals surface area contributed by atoms with E-state index < -0.39 is 0 Å². The fourth-order valence-corrected chi connectivity index (χ4v) is 2.52. The van der Waals surface area contributed by atoms with Gasteiger partial charge in [0.25, 0.3) is 0 Å². The molecule has 7 heteroatoms. The lowest BCUT2D eigenvalue weighted by atomic mass is 10.2. The number of ether oxygens (including phenoxy) is 1. The summed E-state index contributed by atoms with van der Waals surface area (Å²) in [4.78, 5) is 11.0. The highest BCUT2D eigenvalue weighted by Gasteiger charge is 2.28. The van der Waals surface area contributed by atoms with Crippen molar-refractivity contribution in [3.8, 4) is 0 Å². The van der Waals surface area contributed by atoms with E-state index in [4.69, 9.17) is 4.74 Å². The highest BCUT2D eigenvalue weighted by molar-refractivity contribution is 9.10. The number of aromatic nitrogens is 2. The molecule has 2 heterocycles. The van der Waals surface area contributed by atoms with Crippen LogP contribution < -0.4 is 10.2 Å². The van der Waals surface area contributed by atoms with Crippen LogP contribution in [-0.4, -0.2) is 53.5 Å². The van der Waals surface area contributed by atoms with Crippen molar-refractivity contribution < 1.29 is 9.84 Å². The predicted molar refractivity (Wildman–Crippen MR) is 82.1 cm³/mol. The Morgan fingerprint density at radius 3 is 3.10 bits per heavy atom. The summed E-state index contributed by atoms with van der Waals surface area (Å²) in [5, 5.41) is 12.5. The van der Waals surface area contributed by atoms with Gasteiger partial charge in [0.2, 0.25) is 5.95 Å². The molecule has 0 radical (unpaired) electrons. The van der Waals surface area contributed by atoms with Gasteiger partial charge in [-0.15, -0.1) is 0 Å². The topological polar surface area (TPSA) is 70.5 Å². The van der Waals surface area contributed by atoms with Crippen LogP contribution >= 0.6 is 15.9 Å². The monoisotopic (exact) mass is 344 g/mol. The molecular weight excluding hydrogens is 324 g/mol. The fraction of sp³-hybridized carbons (Fsp3) is 0.692. The number of hydrogen-bond acceptors (Lipinski definition) is 6. The number of morpholine rings is 1. The summed E-state index contributed by atoms with van der Waals surface area (Å²) in [7, 11) is 0. The third kappa shape index (κ3) is 3.59. The Balaban J connectivity index is 2.20. The lowest BCUT2D eigenvalue weighted by Crippen LogP contribution is -2.50. The molecule has 1 fully saturated rings. The Bertz CT molecular complexity index is 446. The average molecular weight is 345 g/mol. The van der Waals surface area contributed by atoms with Gasteiger partial charge >= 0.3 is 0 Å². The number of halogens is 1. The third-order valence-corrected chi connectivity index (χ3v) is 3.80. The molecule has 0 aromatic carbocycles. The van der Waals surface area contributed by atoms with Gasteiger partial charge in [-0.05, 0) is 29.3 Å². The van der Waals surface area contributed by atoms with Crippen LogP contribution in [-0.2, 0) is 4.74 Å². The van der Waals surface area contributed by atoms with Crippen LogP contribution in [0.15, 0.2) is 10.7 Å². The van der Waals surface area contributed by atoms with E-state index in [9.17, 15) is 5.11 Å². The van der Waals surface area contributed by atoms with Crippen molar-refractivity contribution in [1.29, 1.82) is 0 Å². The molecular formula is C13H21BrN4O2. The lowest BCUT2D eigenvalue weighted by Gasteiger charge is -2.38. The first-order chi connectivity index (χ1) is 9.65. The van der Waals surface area contributed by atoms with E-state index in [2.05, 4.69) is 50.0 Å². The number of nitrogens with zero attached hydrogens (tertiary/aromatic N) is 3. The van der Waals surface area contributed by atoms with Crippen molar-refractivity contribution in [2.24, 2.45) is 0 Å². The minimum atomic E-state index is -0.167. The van der Waals surface area contributed by atoms with Gasteiger partial charge in [-0.3, -0.25) is 0 Å². The summed E-state index contributed by atoms with van der Waals surface area (Å²) in [6, 6.07) is 0.211. The third-order valence-electron chi connectivity index (χ3n) is 3.24. The minimum Gasteiger partial charge on any atom is -0.394 e. The molecule has 2 unspecified atom stereocenters. The van der Waals surface area contributed by atoms with Gasteiger partial charge < -0.3 is 20.1 Å². The first-order valence-corrected chi connectivity index (χ1v) is 7.70. The van der Waals surface area contributed by atoms with Gasteiger partial charge in [-0.25, -0.2) is 4.98 Å². The SMILES string of the molecule is CCCNc1ncc(Br)c(N2CC(CO)OCC2C)n1. The molecule has 2 rings (SSSR count). The maximum Gasteiger partial charge on any atom is 0.224 e. The second-order valence-electron chi connectivity index (χ2n) is 4.93. The average Bonchev–Trinajstić information content (AvgIpc) is 2.47. The van der Waals surface area contributed by atoms with Crippen molar-refractivity contribution in [1.82, 2.24) is 9.97 Å². The Morgan fingerprint density at radius 1 is 1.60 bits per heavy atom. The number of hydrogen-bond donors (Lipinski definition) is 2. The molecule has 1 aromatic heterocycles. The molecule has 1 saturated heterocycles. The zero-order chi connectivity index (χ0) is 14.5. The summed E-state index contributed by atoms with van der Waals surface area (Å²) in [5.74, 6) is 1.47. The number of aliphatic hydroxyl groups is 1. The molecule has 1 aromatic rings. The molecule has 1 aliphatic rings. The van der Waals surface area contributed by atoms with Gasteiger partial charge in [0.05, 0.1) is 29.8 Å². The van der Waals surface area contributed by atoms with Gasteiger partial charge in [0.1, 0.15) is 5.82 Å². The predicted octanol–water partition coefficient (Wildman–Crippen LogP) is 1.65. The summed E-state index contributed by atoms with van der Waals surface area (Å²) in [6.45, 7) is 6.26. The molecule has 6 nitrogen and oxygen atoms in total. The van der Waals surface area contributed by atoms with E-state index >= 15 is 0 Å². The number of anilines is 2. The van der Waals surface area contributed by atoms with Crippen molar-refractivity contribution in [3.05, 3.63) is 10.7 Å². The highest BCUT2D eigenvalue weighted by Crippen LogP contribution is 2.28. The Morgan fingerprint density at radius 2 is 2.40 bits per heavy atom. The molecule has 2 N–H and O–H groups in total. The first-order valence-electron chi connectivity index (χ1n) is 6.91. The van der Waals surface area contributed by atoms with Crippen LogP contribution in [0.1, 0.15) is 20.3 Å². The normalized spacial score (nSPS) is 22.9. The standard InChI is InChI=1S/C13H21BrN4O2/c1-3-4-15-13-16-5-11(14)12(17-13)18-6-10(7-19)20-8-9(18)2/h5,9-10,19H,3-4,6-8H2,1-2H3,(H,15,16,17). The smallest absolute Gasteiger partial charge is 0.224 e. The number of nitrogens with one attached hydrogen (secondary N) is 1. The molecule has 1 aliphatic heterocycles. The molecule has 0 saturated carbocycles. The van der Waals surface area contributed by atoms with Crippen LogP contribution in [0, 0.1) is 0 Å². The summed E-state index contributed by atoms with van der Waals surface area (Å²) in [6.07, 6.45) is 2.62. The Hall–Kier alpha value is -0.920. The highest BCUT2D eigenvalue weighted by atomic mass is 79.9. The minimum absolute atomic E-state index is 0.0207. The molecule has 112 valence electrons. The fourth-order valence-electron chi connectivity index (χ4n) is 2.10. The van der Waals surface area contributed by atoms with Gasteiger partial charge in [0.15, 0.2) is 0 Å². The second-order valence-corrected chi connectivity index (χ2v) is 5.79. The zero-order valence-electron chi connectivity index (χ0n) is 11.8. The van der Waals surface area contributed by atoms with Crippen molar-refractivity contribution in [2.45, 2.75) is 32.4 Å². The van der Waals surface area contributed by atoms with Crippen molar-refractivity contribution in [3.63, 3.8) is 0 Å². The molecule has 0 amide bonds. The number of aliphatic hydroxyl groups excluding tert-OH is 1. The maximum atomic E-state index is 9.27. The second kappa shape index (κ2) is 7.19. The lowest BCUT2D eigenvalue weighted by molar-refractivity contribution is -0.0106. The Kier molecular flexibility index (Phi) is 5.56. The maximum absolute atomic E-state index is 9.27. The molecule has 0 bridgehead atoms. The molecule has 0 aliphatic carbocycles. The van der Waals surface area contributed by atoms with Crippen LogP contribution in [0.3, 0.4) is 0 Å². The van der Waals surface area contributed by atoms with Crippen LogP contribution in [0.5, 0.6) is 0 Å². The van der Waals surface area contributed by atoms with E-state index in [1.165, 1.54) is 0 Å². The molecule has 20 heavy (non-hydrogen) atoms. The molecule has 2 atom stereocenters. The van der Waals surface area contributed by atoms with Crippen LogP contribution in [0.25, 0.3) is 0 Å².